The molecule has 0 saturated heterocycles. The summed E-state index contributed by atoms with van der Waals surface area (Å²) < 4.78 is 22.3. The standard InChI is InChI=1S/C8H16N2O2S/c1-6-3-2-4-7(9)8(5-6)13(10,11)12/h6H,2-5,9H2,1H3,(H2,10,11,12). The van der Waals surface area contributed by atoms with Crippen molar-refractivity contribution in [1.29, 1.82) is 0 Å². The van der Waals surface area contributed by atoms with E-state index in [1.54, 1.807) is 0 Å². The van der Waals surface area contributed by atoms with Crippen LogP contribution in [0.25, 0.3) is 0 Å². The lowest BCUT2D eigenvalue weighted by atomic mass is 10.0. The fraction of sp³-hybridized carbons (Fsp3) is 0.750. The molecule has 1 atom stereocenters. The van der Waals surface area contributed by atoms with Crippen molar-refractivity contribution >= 4 is 10.0 Å². The summed E-state index contributed by atoms with van der Waals surface area (Å²) in [4.78, 5) is 0.248. The Balaban J connectivity index is 3.02. The van der Waals surface area contributed by atoms with Crippen LogP contribution in [0.2, 0.25) is 0 Å². The Morgan fingerprint density at radius 1 is 1.46 bits per heavy atom. The lowest BCUT2D eigenvalue weighted by Gasteiger charge is -2.09. The van der Waals surface area contributed by atoms with E-state index in [4.69, 9.17) is 10.9 Å². The van der Waals surface area contributed by atoms with Crippen LogP contribution in [0, 0.1) is 5.92 Å². The predicted molar refractivity (Wildman–Crippen MR) is 52.0 cm³/mol. The normalized spacial score (nSPS) is 25.8. The van der Waals surface area contributed by atoms with Crippen molar-refractivity contribution in [2.75, 3.05) is 0 Å². The minimum Gasteiger partial charge on any atom is -0.401 e. The highest BCUT2D eigenvalue weighted by Gasteiger charge is 2.21. The quantitative estimate of drug-likeness (QED) is 0.657. The summed E-state index contributed by atoms with van der Waals surface area (Å²) in [5.74, 6) is 0.356. The maximum absolute atomic E-state index is 11.1. The van der Waals surface area contributed by atoms with Gasteiger partial charge in [0, 0.05) is 5.70 Å². The highest BCUT2D eigenvalue weighted by molar-refractivity contribution is 7.93. The molecule has 5 heteroatoms. The van der Waals surface area contributed by atoms with Crippen LogP contribution in [-0.4, -0.2) is 8.42 Å². The van der Waals surface area contributed by atoms with Crippen LogP contribution < -0.4 is 10.9 Å². The minimum atomic E-state index is -3.58. The first kappa shape index (κ1) is 10.5. The third-order valence-corrected chi connectivity index (χ3v) is 3.49. The zero-order valence-electron chi connectivity index (χ0n) is 7.79. The Labute approximate surface area is 79.0 Å². The van der Waals surface area contributed by atoms with E-state index in [1.807, 2.05) is 6.92 Å². The second kappa shape index (κ2) is 3.67. The molecule has 0 aliphatic heterocycles. The highest BCUT2D eigenvalue weighted by atomic mass is 32.2. The molecule has 0 aromatic heterocycles. The van der Waals surface area contributed by atoms with Crippen LogP contribution >= 0.6 is 0 Å². The number of allylic oxidation sites excluding steroid dienone is 2. The van der Waals surface area contributed by atoms with Gasteiger partial charge < -0.3 is 5.73 Å². The van der Waals surface area contributed by atoms with Gasteiger partial charge in [0.15, 0.2) is 0 Å². The Bertz CT molecular complexity index is 319. The Hall–Kier alpha value is -0.550. The van der Waals surface area contributed by atoms with Crippen molar-refractivity contribution < 1.29 is 8.42 Å². The molecule has 13 heavy (non-hydrogen) atoms. The van der Waals surface area contributed by atoms with Gasteiger partial charge >= 0.3 is 0 Å². The van der Waals surface area contributed by atoms with E-state index >= 15 is 0 Å². The molecule has 1 aliphatic carbocycles. The zero-order valence-corrected chi connectivity index (χ0v) is 8.60. The van der Waals surface area contributed by atoms with E-state index in [0.717, 1.165) is 12.8 Å². The second-order valence-electron chi connectivity index (χ2n) is 3.69. The Morgan fingerprint density at radius 3 is 2.62 bits per heavy atom. The van der Waals surface area contributed by atoms with Gasteiger partial charge in [-0.2, -0.15) is 0 Å². The molecule has 4 N–H and O–H groups in total. The molecule has 0 bridgehead atoms. The first-order valence-corrected chi connectivity index (χ1v) is 5.96. The molecule has 0 saturated carbocycles. The maximum atomic E-state index is 11.1. The maximum Gasteiger partial charge on any atom is 0.235 e. The molecule has 4 nitrogen and oxygen atoms in total. The summed E-state index contributed by atoms with van der Waals surface area (Å²) in [6.07, 6.45) is 3.10. The summed E-state index contributed by atoms with van der Waals surface area (Å²) in [6.45, 7) is 2.02. The second-order valence-corrected chi connectivity index (χ2v) is 5.28. The fourth-order valence-electron chi connectivity index (χ4n) is 1.63. The van der Waals surface area contributed by atoms with Crippen LogP contribution in [0.3, 0.4) is 0 Å². The topological polar surface area (TPSA) is 86.2 Å². The molecule has 0 amide bonds. The zero-order chi connectivity index (χ0) is 10.1. The van der Waals surface area contributed by atoms with E-state index in [1.165, 1.54) is 0 Å². The molecule has 0 radical (unpaired) electrons. The molecule has 76 valence electrons. The van der Waals surface area contributed by atoms with Crippen LogP contribution in [0.15, 0.2) is 10.6 Å². The fourth-order valence-corrected chi connectivity index (χ4v) is 2.61. The first-order chi connectivity index (χ1) is 5.91. The van der Waals surface area contributed by atoms with E-state index in [-0.39, 0.29) is 4.91 Å². The monoisotopic (exact) mass is 204 g/mol. The predicted octanol–water partition coefficient (Wildman–Crippen LogP) is 0.655. The molecule has 1 rings (SSSR count). The molecule has 0 heterocycles. The van der Waals surface area contributed by atoms with Crippen LogP contribution in [0.1, 0.15) is 32.6 Å². The largest absolute Gasteiger partial charge is 0.401 e. The lowest BCUT2D eigenvalue weighted by Crippen LogP contribution is -2.19. The molecule has 0 aromatic rings. The van der Waals surface area contributed by atoms with Crippen molar-refractivity contribution in [1.82, 2.24) is 0 Å². The summed E-state index contributed by atoms with van der Waals surface area (Å²) in [5, 5.41) is 5.07. The van der Waals surface area contributed by atoms with Gasteiger partial charge in [-0.3, -0.25) is 0 Å². The van der Waals surface area contributed by atoms with Gasteiger partial charge in [-0.05, 0) is 31.6 Å². The number of hydrogen-bond acceptors (Lipinski definition) is 3. The summed E-state index contributed by atoms with van der Waals surface area (Å²) >= 11 is 0. The van der Waals surface area contributed by atoms with Crippen molar-refractivity contribution in [2.24, 2.45) is 16.8 Å². The van der Waals surface area contributed by atoms with Crippen LogP contribution in [-0.2, 0) is 10.0 Å². The SMILES string of the molecule is CC1CCCC(N)=C(S(N)(=O)=O)C1. The molecular weight excluding hydrogens is 188 g/mol. The minimum absolute atomic E-state index is 0.248. The summed E-state index contributed by atoms with van der Waals surface area (Å²) in [7, 11) is -3.58. The molecule has 0 fully saturated rings. The smallest absolute Gasteiger partial charge is 0.235 e. The van der Waals surface area contributed by atoms with Crippen molar-refractivity contribution in [3.8, 4) is 0 Å². The van der Waals surface area contributed by atoms with E-state index in [2.05, 4.69) is 0 Å². The van der Waals surface area contributed by atoms with Crippen molar-refractivity contribution in [3.05, 3.63) is 10.6 Å². The van der Waals surface area contributed by atoms with E-state index in [0.29, 0.717) is 24.5 Å². The number of nitrogens with two attached hydrogens (primary N) is 2. The van der Waals surface area contributed by atoms with Gasteiger partial charge in [0.05, 0.1) is 4.91 Å². The average molecular weight is 204 g/mol. The molecule has 0 spiro atoms. The Kier molecular flexibility index (Phi) is 2.98. The van der Waals surface area contributed by atoms with Gasteiger partial charge in [0.25, 0.3) is 0 Å². The first-order valence-electron chi connectivity index (χ1n) is 4.41. The molecule has 1 aliphatic rings. The highest BCUT2D eigenvalue weighted by Crippen LogP contribution is 2.27. The molecule has 1 unspecified atom stereocenters. The number of rotatable bonds is 1. The third kappa shape index (κ3) is 2.70. The van der Waals surface area contributed by atoms with Gasteiger partial charge in [0.2, 0.25) is 10.0 Å². The van der Waals surface area contributed by atoms with Crippen molar-refractivity contribution in [3.63, 3.8) is 0 Å². The lowest BCUT2D eigenvalue weighted by molar-refractivity contribution is 0.525. The summed E-state index contributed by atoms with van der Waals surface area (Å²) in [6, 6.07) is 0. The molecular formula is C8H16N2O2S. The average Bonchev–Trinajstić information content (AvgIpc) is 2.11. The molecule has 0 aromatic carbocycles. The van der Waals surface area contributed by atoms with Crippen molar-refractivity contribution in [2.45, 2.75) is 32.6 Å². The van der Waals surface area contributed by atoms with E-state index in [9.17, 15) is 8.42 Å². The third-order valence-electron chi connectivity index (χ3n) is 2.38. The van der Waals surface area contributed by atoms with Crippen LogP contribution in [0.4, 0.5) is 0 Å². The van der Waals surface area contributed by atoms with Gasteiger partial charge in [0.1, 0.15) is 0 Å². The number of sulfonamides is 1. The van der Waals surface area contributed by atoms with Gasteiger partial charge in [-0.25, -0.2) is 13.6 Å². The van der Waals surface area contributed by atoms with Crippen LogP contribution in [0.5, 0.6) is 0 Å². The van der Waals surface area contributed by atoms with E-state index < -0.39 is 10.0 Å². The van der Waals surface area contributed by atoms with Gasteiger partial charge in [-0.15, -0.1) is 0 Å². The Morgan fingerprint density at radius 2 is 2.08 bits per heavy atom. The number of primary sulfonamides is 1. The summed E-state index contributed by atoms with van der Waals surface area (Å²) in [5.41, 5.74) is 6.10. The number of hydrogen-bond donors (Lipinski definition) is 2. The van der Waals surface area contributed by atoms with Gasteiger partial charge in [-0.1, -0.05) is 6.92 Å².